The van der Waals surface area contributed by atoms with E-state index in [2.05, 4.69) is 39.9 Å². The summed E-state index contributed by atoms with van der Waals surface area (Å²) in [5.41, 5.74) is 2.69. The fraction of sp³-hybridized carbons (Fsp3) is 0.381. The number of rotatable bonds is 4. The van der Waals surface area contributed by atoms with Crippen molar-refractivity contribution in [1.29, 1.82) is 0 Å². The summed E-state index contributed by atoms with van der Waals surface area (Å²) in [6.07, 6.45) is 4.26. The summed E-state index contributed by atoms with van der Waals surface area (Å²) < 4.78 is 1.85. The molecule has 0 radical (unpaired) electrons. The number of hydrogen-bond donors (Lipinski definition) is 1. The number of nitrogens with zero attached hydrogens (tertiary/aromatic N) is 4. The molecular weight excluding hydrogens is 358 g/mol. The molecule has 1 aromatic heterocycles. The molecule has 4 rings (SSSR count). The summed E-state index contributed by atoms with van der Waals surface area (Å²) in [5.74, 6) is 1.57. The summed E-state index contributed by atoms with van der Waals surface area (Å²) in [6, 6.07) is 16.2. The summed E-state index contributed by atoms with van der Waals surface area (Å²) in [7, 11) is 0. The van der Waals surface area contributed by atoms with E-state index in [9.17, 15) is 0 Å². The van der Waals surface area contributed by atoms with Crippen LogP contribution in [-0.4, -0.2) is 20.2 Å². The van der Waals surface area contributed by atoms with Crippen molar-refractivity contribution in [3.63, 3.8) is 0 Å². The molecule has 0 unspecified atom stereocenters. The monoisotopic (exact) mass is 381 g/mol. The van der Waals surface area contributed by atoms with Gasteiger partial charge in [0.15, 0.2) is 5.82 Å². The van der Waals surface area contributed by atoms with Crippen molar-refractivity contribution in [2.75, 3.05) is 5.32 Å². The second kappa shape index (κ2) is 7.31. The minimum Gasteiger partial charge on any atom is -0.373 e. The van der Waals surface area contributed by atoms with Gasteiger partial charge in [0.1, 0.15) is 0 Å². The van der Waals surface area contributed by atoms with Crippen LogP contribution in [0.15, 0.2) is 48.5 Å². The molecule has 140 valence electrons. The Morgan fingerprint density at radius 3 is 2.56 bits per heavy atom. The SMILES string of the molecule is Cc1c(Cl)cccc1-n1nnnc1C1(Nc2ccccc2)CCC(C)CC1. The summed E-state index contributed by atoms with van der Waals surface area (Å²) in [6.45, 7) is 4.32. The van der Waals surface area contributed by atoms with Crippen LogP contribution in [-0.2, 0) is 5.54 Å². The van der Waals surface area contributed by atoms with E-state index in [-0.39, 0.29) is 5.54 Å². The van der Waals surface area contributed by atoms with Crippen molar-refractivity contribution in [2.24, 2.45) is 5.92 Å². The lowest BCUT2D eigenvalue weighted by atomic mass is 9.76. The summed E-state index contributed by atoms with van der Waals surface area (Å²) in [4.78, 5) is 0. The normalized spacial score (nSPS) is 22.6. The Hall–Kier alpha value is -2.40. The number of hydrogen-bond acceptors (Lipinski definition) is 4. The van der Waals surface area contributed by atoms with E-state index in [1.807, 2.05) is 48.0 Å². The minimum absolute atomic E-state index is 0.299. The second-order valence-electron chi connectivity index (χ2n) is 7.55. The van der Waals surface area contributed by atoms with E-state index in [1.165, 1.54) is 0 Å². The zero-order chi connectivity index (χ0) is 18.9. The number of aromatic nitrogens is 4. The van der Waals surface area contributed by atoms with Crippen LogP contribution in [0.2, 0.25) is 5.02 Å². The Morgan fingerprint density at radius 1 is 1.07 bits per heavy atom. The fourth-order valence-electron chi connectivity index (χ4n) is 3.93. The number of benzene rings is 2. The maximum Gasteiger partial charge on any atom is 0.181 e. The molecule has 1 aliphatic carbocycles. The maximum atomic E-state index is 6.35. The van der Waals surface area contributed by atoms with E-state index in [0.717, 1.165) is 53.5 Å². The minimum atomic E-state index is -0.299. The lowest BCUT2D eigenvalue weighted by Gasteiger charge is -2.39. The van der Waals surface area contributed by atoms with E-state index in [0.29, 0.717) is 5.92 Å². The summed E-state index contributed by atoms with van der Waals surface area (Å²) in [5, 5.41) is 17.3. The molecule has 1 fully saturated rings. The highest BCUT2D eigenvalue weighted by molar-refractivity contribution is 6.31. The van der Waals surface area contributed by atoms with Crippen molar-refractivity contribution in [2.45, 2.75) is 45.1 Å². The molecule has 0 aliphatic heterocycles. The van der Waals surface area contributed by atoms with Gasteiger partial charge in [-0.25, -0.2) is 0 Å². The Kier molecular flexibility index (Phi) is 4.87. The first-order valence-electron chi connectivity index (χ1n) is 9.47. The molecule has 0 spiro atoms. The van der Waals surface area contributed by atoms with E-state index in [1.54, 1.807) is 0 Å². The van der Waals surface area contributed by atoms with Crippen LogP contribution >= 0.6 is 11.6 Å². The van der Waals surface area contributed by atoms with Gasteiger partial charge < -0.3 is 5.32 Å². The van der Waals surface area contributed by atoms with Gasteiger partial charge in [0.05, 0.1) is 11.2 Å². The quantitative estimate of drug-likeness (QED) is 0.679. The standard InChI is InChI=1S/C21H24ClN5/c1-15-11-13-21(14-12-15,23-17-7-4-3-5-8-17)20-24-25-26-27(20)19-10-6-9-18(22)16(19)2/h3-10,15,23H,11-14H2,1-2H3. The molecule has 1 aliphatic rings. The molecule has 1 N–H and O–H groups in total. The molecule has 3 aromatic rings. The van der Waals surface area contributed by atoms with Gasteiger partial charge in [-0.3, -0.25) is 0 Å². The highest BCUT2D eigenvalue weighted by Crippen LogP contribution is 2.41. The number of halogens is 1. The van der Waals surface area contributed by atoms with E-state index >= 15 is 0 Å². The van der Waals surface area contributed by atoms with Gasteiger partial charge in [0.2, 0.25) is 0 Å². The third-order valence-corrected chi connectivity index (χ3v) is 6.06. The maximum absolute atomic E-state index is 6.35. The predicted molar refractivity (Wildman–Crippen MR) is 108 cm³/mol. The largest absolute Gasteiger partial charge is 0.373 e. The highest BCUT2D eigenvalue weighted by atomic mass is 35.5. The molecule has 2 aromatic carbocycles. The predicted octanol–water partition coefficient (Wildman–Crippen LogP) is 5.14. The molecule has 1 heterocycles. The summed E-state index contributed by atoms with van der Waals surface area (Å²) >= 11 is 6.35. The van der Waals surface area contributed by atoms with Gasteiger partial charge in [-0.15, -0.1) is 5.10 Å². The Labute approximate surface area is 164 Å². The van der Waals surface area contributed by atoms with Gasteiger partial charge in [-0.1, -0.05) is 42.8 Å². The molecule has 0 saturated heterocycles. The molecular formula is C21H24ClN5. The number of tetrazole rings is 1. The van der Waals surface area contributed by atoms with Crippen LogP contribution < -0.4 is 5.32 Å². The lowest BCUT2D eigenvalue weighted by molar-refractivity contribution is 0.255. The molecule has 6 heteroatoms. The first kappa shape index (κ1) is 18.0. The van der Waals surface area contributed by atoms with Crippen LogP contribution in [0.1, 0.15) is 44.0 Å². The third-order valence-electron chi connectivity index (χ3n) is 5.65. The van der Waals surface area contributed by atoms with Gasteiger partial charge in [0, 0.05) is 10.7 Å². The number of para-hydroxylation sites is 1. The fourth-order valence-corrected chi connectivity index (χ4v) is 4.10. The Balaban J connectivity index is 1.80. The first-order chi connectivity index (χ1) is 13.1. The molecule has 27 heavy (non-hydrogen) atoms. The van der Waals surface area contributed by atoms with Crippen LogP contribution in [0.5, 0.6) is 0 Å². The smallest absolute Gasteiger partial charge is 0.181 e. The van der Waals surface area contributed by atoms with E-state index in [4.69, 9.17) is 11.6 Å². The van der Waals surface area contributed by atoms with Crippen LogP contribution in [0, 0.1) is 12.8 Å². The highest BCUT2D eigenvalue weighted by Gasteiger charge is 2.41. The van der Waals surface area contributed by atoms with Crippen LogP contribution in [0.3, 0.4) is 0 Å². The topological polar surface area (TPSA) is 55.6 Å². The molecule has 0 bridgehead atoms. The van der Waals surface area contributed by atoms with Gasteiger partial charge in [-0.05, 0) is 78.8 Å². The van der Waals surface area contributed by atoms with Crippen molar-refractivity contribution in [3.8, 4) is 5.69 Å². The van der Waals surface area contributed by atoms with Gasteiger partial charge in [0.25, 0.3) is 0 Å². The first-order valence-corrected chi connectivity index (χ1v) is 9.84. The zero-order valence-corrected chi connectivity index (χ0v) is 16.4. The average molecular weight is 382 g/mol. The van der Waals surface area contributed by atoms with Crippen molar-refractivity contribution in [3.05, 3.63) is 64.9 Å². The van der Waals surface area contributed by atoms with E-state index < -0.39 is 0 Å². The van der Waals surface area contributed by atoms with Crippen molar-refractivity contribution < 1.29 is 0 Å². The van der Waals surface area contributed by atoms with Gasteiger partial charge in [-0.2, -0.15) is 4.68 Å². The average Bonchev–Trinajstić information content (AvgIpc) is 3.17. The second-order valence-corrected chi connectivity index (χ2v) is 7.96. The number of nitrogens with one attached hydrogen (secondary N) is 1. The van der Waals surface area contributed by atoms with Crippen molar-refractivity contribution in [1.82, 2.24) is 20.2 Å². The zero-order valence-electron chi connectivity index (χ0n) is 15.7. The third kappa shape index (κ3) is 3.44. The molecule has 0 atom stereocenters. The van der Waals surface area contributed by atoms with Crippen LogP contribution in [0.25, 0.3) is 5.69 Å². The Morgan fingerprint density at radius 2 is 1.81 bits per heavy atom. The Bertz CT molecular complexity index is 913. The molecule has 5 nitrogen and oxygen atoms in total. The van der Waals surface area contributed by atoms with Gasteiger partial charge >= 0.3 is 0 Å². The number of anilines is 1. The lowest BCUT2D eigenvalue weighted by Crippen LogP contribution is -2.41. The molecule has 0 amide bonds. The van der Waals surface area contributed by atoms with Crippen LogP contribution in [0.4, 0.5) is 5.69 Å². The molecule has 1 saturated carbocycles. The van der Waals surface area contributed by atoms with Crippen molar-refractivity contribution >= 4 is 17.3 Å².